The number of ketones is 1. The van der Waals surface area contributed by atoms with Crippen molar-refractivity contribution in [3.63, 3.8) is 0 Å². The van der Waals surface area contributed by atoms with Gasteiger partial charge in [-0.3, -0.25) is 43.8 Å². The van der Waals surface area contributed by atoms with E-state index in [1.807, 2.05) is 32.0 Å². The van der Waals surface area contributed by atoms with Crippen molar-refractivity contribution in [2.45, 2.75) is 129 Å². The number of ether oxygens (including phenoxy) is 5. The monoisotopic (exact) mass is 1030 g/mol. The molecular weight excluding hydrogens is 961 g/mol. The molecule has 1 unspecified atom stereocenters. The second-order valence-electron chi connectivity index (χ2n) is 19.4. The van der Waals surface area contributed by atoms with Crippen LogP contribution < -0.4 is 29.6 Å². The number of imide groups is 2. The molecule has 2 fully saturated rings. The van der Waals surface area contributed by atoms with Crippen LogP contribution in [0.5, 0.6) is 23.0 Å². The first-order chi connectivity index (χ1) is 36.1. The molecule has 4 aromatic carbocycles. The molecule has 4 atom stereocenters. The Hall–Kier alpha value is -7.56. The maximum absolute atomic E-state index is 14.5. The number of rotatable bonds is 24. The van der Waals surface area contributed by atoms with Gasteiger partial charge < -0.3 is 33.9 Å². The molecule has 2 N–H and O–H groups in total. The molecule has 0 spiro atoms. The third-order valence-electron chi connectivity index (χ3n) is 14.3. The lowest BCUT2D eigenvalue weighted by atomic mass is 9.91. The number of hydrogen-bond acceptors (Lipinski definition) is 13. The Morgan fingerprint density at radius 3 is 2.32 bits per heavy atom. The fourth-order valence-corrected chi connectivity index (χ4v) is 10.0. The highest BCUT2D eigenvalue weighted by atomic mass is 16.5. The van der Waals surface area contributed by atoms with Crippen molar-refractivity contribution in [2.75, 3.05) is 40.5 Å². The molecule has 0 radical (unpaired) electrons. The highest BCUT2D eigenvalue weighted by Gasteiger charge is 2.46. The lowest BCUT2D eigenvalue weighted by Crippen LogP contribution is -2.54. The highest BCUT2D eigenvalue weighted by Crippen LogP contribution is 2.38. The van der Waals surface area contributed by atoms with Crippen molar-refractivity contribution in [1.82, 2.24) is 20.4 Å². The number of methoxy groups -OCH3 is 2. The molecule has 3 heterocycles. The van der Waals surface area contributed by atoms with E-state index in [2.05, 4.69) is 42.7 Å². The Labute approximate surface area is 437 Å². The number of aryl methyl sites for hydroxylation is 4. The van der Waals surface area contributed by atoms with Gasteiger partial charge in [0.15, 0.2) is 23.9 Å². The van der Waals surface area contributed by atoms with Crippen LogP contribution in [-0.2, 0) is 39.9 Å². The summed E-state index contributed by atoms with van der Waals surface area (Å²) in [6, 6.07) is 19.8. The van der Waals surface area contributed by atoms with Crippen LogP contribution in [0, 0.1) is 20.8 Å². The molecule has 4 aromatic rings. The number of unbranched alkanes of at least 4 members (excludes halogenated alkanes) is 2. The van der Waals surface area contributed by atoms with Crippen LogP contribution in [0.15, 0.2) is 72.8 Å². The van der Waals surface area contributed by atoms with Crippen molar-refractivity contribution in [1.29, 1.82) is 0 Å². The third kappa shape index (κ3) is 13.4. The van der Waals surface area contributed by atoms with Gasteiger partial charge in [0.1, 0.15) is 36.3 Å². The van der Waals surface area contributed by atoms with Crippen molar-refractivity contribution in [3.8, 4) is 23.0 Å². The van der Waals surface area contributed by atoms with E-state index in [0.717, 1.165) is 40.0 Å². The van der Waals surface area contributed by atoms with Crippen molar-refractivity contribution in [2.24, 2.45) is 0 Å². The molecule has 17 heteroatoms. The molecule has 0 aromatic heterocycles. The maximum Gasteiger partial charge on any atom is 0.329 e. The van der Waals surface area contributed by atoms with Crippen LogP contribution in [0.2, 0.25) is 0 Å². The molecule has 0 aliphatic carbocycles. The number of benzene rings is 4. The number of fused-ring (bicyclic) bond motifs is 1. The Balaban J connectivity index is 0.900. The Bertz CT molecular complexity index is 2810. The van der Waals surface area contributed by atoms with E-state index in [1.165, 1.54) is 23.8 Å². The minimum absolute atomic E-state index is 0.00425. The van der Waals surface area contributed by atoms with Gasteiger partial charge >= 0.3 is 5.97 Å². The van der Waals surface area contributed by atoms with E-state index in [-0.39, 0.29) is 67.0 Å². The first kappa shape index (κ1) is 55.2. The lowest BCUT2D eigenvalue weighted by Gasteiger charge is -2.37. The summed E-state index contributed by atoms with van der Waals surface area (Å²) in [5, 5.41) is 5.02. The molecule has 6 amide bonds. The minimum atomic E-state index is -1.12. The number of carbonyl (C=O) groups is 8. The predicted molar refractivity (Wildman–Crippen MR) is 277 cm³/mol. The minimum Gasteiger partial charge on any atom is -0.493 e. The number of likely N-dealkylation sites (tertiary alicyclic amines) is 1. The summed E-state index contributed by atoms with van der Waals surface area (Å²) in [6.45, 7) is 8.19. The Morgan fingerprint density at radius 1 is 0.773 bits per heavy atom. The standard InChI is InChI=1S/C58H68N4O13/c1-7-43(40-30-37(4)53(72-6)49(32-40)71-5)55(67)61-28-12-10-19-46(61)58(70)75-47(25-23-38-22-21-35(2)36(3)29-38)39-15-13-17-42(31-39)73-34-51(65)59-27-11-8-9-16-41(63)33-74-48-20-14-18-44-52(48)57(69)62(56(44)68)45-24-26-50(64)60-54(45)66/h13-15,17-18,20-22,29-32,43,45-47H,7-12,16,19,23-28,33-34H2,1-6H3,(H,59,65)(H,60,64,66)/t43-,45?,46-,47+/m0/s1. The molecule has 7 rings (SSSR count). The number of amides is 6. The molecule has 17 nitrogen and oxygen atoms in total. The highest BCUT2D eigenvalue weighted by molar-refractivity contribution is 6.24. The van der Waals surface area contributed by atoms with Gasteiger partial charge in [0, 0.05) is 25.9 Å². The normalized spacial score (nSPS) is 17.1. The summed E-state index contributed by atoms with van der Waals surface area (Å²) in [4.78, 5) is 108. The molecule has 0 saturated carbocycles. The molecule has 3 aliphatic rings. The number of carbonyl (C=O) groups excluding carboxylic acids is 8. The largest absolute Gasteiger partial charge is 0.493 e. The van der Waals surface area contributed by atoms with E-state index in [1.54, 1.807) is 37.3 Å². The first-order valence-electron chi connectivity index (χ1n) is 25.9. The molecule has 398 valence electrons. The van der Waals surface area contributed by atoms with E-state index < -0.39 is 53.7 Å². The number of piperidine rings is 2. The molecule has 0 bridgehead atoms. The predicted octanol–water partition coefficient (Wildman–Crippen LogP) is 7.53. The van der Waals surface area contributed by atoms with Gasteiger partial charge in [-0.1, -0.05) is 55.8 Å². The number of nitrogens with zero attached hydrogens (tertiary/aromatic N) is 2. The van der Waals surface area contributed by atoms with E-state index >= 15 is 0 Å². The topological polar surface area (TPSA) is 213 Å². The van der Waals surface area contributed by atoms with Gasteiger partial charge in [0.2, 0.25) is 17.7 Å². The average Bonchev–Trinajstić information content (AvgIpc) is 3.66. The zero-order valence-electron chi connectivity index (χ0n) is 43.8. The number of Topliss-reactive ketones (excluding diaryl/α,β-unsaturated/α-hetero) is 1. The zero-order valence-corrected chi connectivity index (χ0v) is 43.8. The summed E-state index contributed by atoms with van der Waals surface area (Å²) in [7, 11) is 3.15. The number of hydrogen-bond donors (Lipinski definition) is 2. The van der Waals surface area contributed by atoms with Crippen LogP contribution in [0.25, 0.3) is 0 Å². The summed E-state index contributed by atoms with van der Waals surface area (Å²) >= 11 is 0. The second kappa shape index (κ2) is 25.6. The lowest BCUT2D eigenvalue weighted by molar-refractivity contribution is -0.162. The van der Waals surface area contributed by atoms with Crippen LogP contribution in [-0.4, -0.2) is 110 Å². The van der Waals surface area contributed by atoms with Gasteiger partial charge in [-0.15, -0.1) is 0 Å². The molecular formula is C58H68N4O13. The van der Waals surface area contributed by atoms with Crippen LogP contribution in [0.3, 0.4) is 0 Å². The summed E-state index contributed by atoms with van der Waals surface area (Å²) in [5.74, 6) is -2.62. The second-order valence-corrected chi connectivity index (χ2v) is 19.4. The zero-order chi connectivity index (χ0) is 53.8. The molecule has 3 aliphatic heterocycles. The summed E-state index contributed by atoms with van der Waals surface area (Å²) < 4.78 is 29.3. The van der Waals surface area contributed by atoms with Crippen LogP contribution in [0.1, 0.15) is 144 Å². The summed E-state index contributed by atoms with van der Waals surface area (Å²) in [6.07, 6.45) is 4.90. The van der Waals surface area contributed by atoms with Gasteiger partial charge in [0.05, 0.1) is 31.3 Å². The number of esters is 1. The fraction of sp³-hybridized carbons (Fsp3) is 0.448. The first-order valence-corrected chi connectivity index (χ1v) is 25.9. The van der Waals surface area contributed by atoms with Crippen molar-refractivity contribution in [3.05, 3.63) is 117 Å². The van der Waals surface area contributed by atoms with Gasteiger partial charge in [-0.25, -0.2) is 4.79 Å². The average molecular weight is 1030 g/mol. The van der Waals surface area contributed by atoms with E-state index in [4.69, 9.17) is 23.7 Å². The number of nitrogens with one attached hydrogen (secondary N) is 2. The van der Waals surface area contributed by atoms with Gasteiger partial charge in [-0.2, -0.15) is 0 Å². The van der Waals surface area contributed by atoms with Crippen LogP contribution in [0.4, 0.5) is 0 Å². The van der Waals surface area contributed by atoms with Gasteiger partial charge in [-0.05, 0) is 142 Å². The van der Waals surface area contributed by atoms with Gasteiger partial charge in [0.25, 0.3) is 17.7 Å². The Kier molecular flexibility index (Phi) is 18.8. The third-order valence-corrected chi connectivity index (χ3v) is 14.3. The molecule has 2 saturated heterocycles. The SMILES string of the molecule is CC[C@H](C(=O)N1CCCC[C@H]1C(=O)O[C@H](CCc1ccc(C)c(C)c1)c1cccc(OCC(=O)NCCCCCC(=O)COc2cccc3c2C(=O)N(C2CCC(=O)NC2=O)C3=O)c1)c1cc(C)c(OC)c(OC)c1. The van der Waals surface area contributed by atoms with Crippen LogP contribution >= 0.6 is 0 Å². The van der Waals surface area contributed by atoms with E-state index in [0.29, 0.717) is 80.8 Å². The van der Waals surface area contributed by atoms with E-state index in [9.17, 15) is 38.4 Å². The summed E-state index contributed by atoms with van der Waals surface area (Å²) in [5.41, 5.74) is 5.80. The fourth-order valence-electron chi connectivity index (χ4n) is 10.0. The Morgan fingerprint density at radius 2 is 1.57 bits per heavy atom. The maximum atomic E-state index is 14.5. The molecule has 75 heavy (non-hydrogen) atoms. The quantitative estimate of drug-likeness (QED) is 0.0395. The van der Waals surface area contributed by atoms with Crippen molar-refractivity contribution >= 4 is 47.2 Å². The van der Waals surface area contributed by atoms with Crippen molar-refractivity contribution < 1.29 is 62.0 Å². The smallest absolute Gasteiger partial charge is 0.329 e.